The lowest BCUT2D eigenvalue weighted by atomic mass is 9.33. The van der Waals surface area contributed by atoms with Crippen molar-refractivity contribution >= 4 is 23.2 Å². The van der Waals surface area contributed by atoms with Crippen molar-refractivity contribution in [3.8, 4) is 5.75 Å². The van der Waals surface area contributed by atoms with Crippen molar-refractivity contribution in [1.29, 1.82) is 0 Å². The van der Waals surface area contributed by atoms with E-state index >= 15 is 0 Å². The quantitative estimate of drug-likeness (QED) is 0.639. The molecule has 0 N–H and O–H groups in total. The van der Waals surface area contributed by atoms with Crippen molar-refractivity contribution in [2.75, 3.05) is 6.61 Å². The number of aryl methyl sites for hydroxylation is 2. The van der Waals surface area contributed by atoms with E-state index in [0.29, 0.717) is 35.8 Å². The van der Waals surface area contributed by atoms with Gasteiger partial charge in [0, 0.05) is 35.8 Å². The number of hydrogen-bond acceptors (Lipinski definition) is 5. The van der Waals surface area contributed by atoms with E-state index < -0.39 is 0 Å². The van der Waals surface area contributed by atoms with Crippen LogP contribution in [0.2, 0.25) is 5.02 Å². The van der Waals surface area contributed by atoms with Gasteiger partial charge in [0.15, 0.2) is 5.78 Å². The molecule has 1 aromatic carbocycles. The van der Waals surface area contributed by atoms with Crippen LogP contribution in [0, 0.1) is 17.8 Å². The van der Waals surface area contributed by atoms with Gasteiger partial charge >= 0.3 is 0 Å². The maximum atomic E-state index is 12.5. The molecule has 0 unspecified atom stereocenters. The lowest BCUT2D eigenvalue weighted by Crippen LogP contribution is -2.65. The highest BCUT2D eigenvalue weighted by Gasteiger charge is 2.70. The highest BCUT2D eigenvalue weighted by Crippen LogP contribution is 2.75. The molecule has 0 spiro atoms. The Hall–Kier alpha value is -2.14. The summed E-state index contributed by atoms with van der Waals surface area (Å²) in [5.41, 5.74) is 1.58. The predicted octanol–water partition coefficient (Wildman–Crippen LogP) is 4.35. The second-order valence-electron chi connectivity index (χ2n) is 8.14. The highest BCUT2D eigenvalue weighted by molar-refractivity contribution is 6.31. The van der Waals surface area contributed by atoms with Gasteiger partial charge in [0.25, 0.3) is 0 Å². The average molecular weight is 388 g/mol. The second-order valence-corrected chi connectivity index (χ2v) is 8.55. The molecule has 2 aromatic rings. The summed E-state index contributed by atoms with van der Waals surface area (Å²) in [5, 5.41) is 4.52. The second kappa shape index (κ2) is 6.79. The third-order valence-electron chi connectivity index (χ3n) is 5.93. The van der Waals surface area contributed by atoms with Gasteiger partial charge in [-0.2, -0.15) is 0 Å². The molecule has 0 saturated heterocycles. The monoisotopic (exact) mass is 387 g/mol. The van der Waals surface area contributed by atoms with Crippen LogP contribution in [0.4, 0.5) is 0 Å². The standard InChI is InChI=1S/C21H22ClNO4/c1-14-8-17(3-4-18(14)22)26-10-16(24)9-20-11-21(12-20,13-20)19(25)5-2-15-6-7-27-23-15/h3-4,6-8H,2,5,9-13H2,1H3. The molecule has 1 aromatic heterocycles. The summed E-state index contributed by atoms with van der Waals surface area (Å²) in [4.78, 5) is 24.8. The average Bonchev–Trinajstić information content (AvgIpc) is 3.09. The molecule has 0 amide bonds. The Bertz CT molecular complexity index is 855. The number of nitrogens with zero attached hydrogens (tertiary/aromatic N) is 1. The van der Waals surface area contributed by atoms with E-state index in [0.717, 1.165) is 30.5 Å². The molecule has 5 rings (SSSR count). The fraction of sp³-hybridized carbons (Fsp3) is 0.476. The number of ketones is 2. The van der Waals surface area contributed by atoms with E-state index in [-0.39, 0.29) is 23.2 Å². The van der Waals surface area contributed by atoms with Gasteiger partial charge in [-0.05, 0) is 55.4 Å². The maximum Gasteiger partial charge on any atom is 0.170 e. The largest absolute Gasteiger partial charge is 0.486 e. The van der Waals surface area contributed by atoms with Crippen LogP contribution < -0.4 is 4.74 Å². The Balaban J connectivity index is 1.21. The summed E-state index contributed by atoms with van der Waals surface area (Å²) in [6, 6.07) is 7.16. The van der Waals surface area contributed by atoms with Crippen LogP contribution in [0.5, 0.6) is 5.75 Å². The summed E-state index contributed by atoms with van der Waals surface area (Å²) in [7, 11) is 0. The minimum atomic E-state index is -0.182. The molecule has 27 heavy (non-hydrogen) atoms. The Morgan fingerprint density at radius 2 is 2.04 bits per heavy atom. The third-order valence-corrected chi connectivity index (χ3v) is 6.36. The minimum absolute atomic E-state index is 0.0277. The van der Waals surface area contributed by atoms with Gasteiger partial charge in [0.2, 0.25) is 0 Å². The lowest BCUT2D eigenvalue weighted by molar-refractivity contribution is -0.208. The summed E-state index contributed by atoms with van der Waals surface area (Å²) in [6.45, 7) is 1.97. The number of ether oxygens (including phenoxy) is 1. The van der Waals surface area contributed by atoms with Crippen LogP contribution in [0.25, 0.3) is 0 Å². The number of hydrogen-bond donors (Lipinski definition) is 0. The van der Waals surface area contributed by atoms with Crippen LogP contribution in [-0.4, -0.2) is 23.3 Å². The van der Waals surface area contributed by atoms with Crippen molar-refractivity contribution in [1.82, 2.24) is 5.16 Å². The molecule has 3 aliphatic carbocycles. The molecule has 142 valence electrons. The molecular formula is C21H22ClNO4. The van der Waals surface area contributed by atoms with Crippen molar-refractivity contribution in [2.24, 2.45) is 10.8 Å². The summed E-state index contributed by atoms with van der Waals surface area (Å²) in [6.07, 6.45) is 5.65. The van der Waals surface area contributed by atoms with Gasteiger partial charge in [-0.3, -0.25) is 9.59 Å². The zero-order valence-electron chi connectivity index (χ0n) is 15.3. The van der Waals surface area contributed by atoms with E-state index in [2.05, 4.69) is 5.16 Å². The van der Waals surface area contributed by atoms with E-state index in [1.54, 1.807) is 18.2 Å². The molecule has 1 heterocycles. The molecular weight excluding hydrogens is 366 g/mol. The Morgan fingerprint density at radius 3 is 2.70 bits per heavy atom. The van der Waals surface area contributed by atoms with E-state index in [4.69, 9.17) is 20.9 Å². The molecule has 0 atom stereocenters. The number of carbonyl (C=O) groups excluding carboxylic acids is 2. The zero-order chi connectivity index (χ0) is 19.1. The lowest BCUT2D eigenvalue weighted by Gasteiger charge is -2.70. The SMILES string of the molecule is Cc1cc(OCC(=O)CC23CC(C(=O)CCc4ccon4)(C2)C3)ccc1Cl. The van der Waals surface area contributed by atoms with Crippen LogP contribution in [0.15, 0.2) is 35.1 Å². The minimum Gasteiger partial charge on any atom is -0.486 e. The molecule has 6 heteroatoms. The van der Waals surface area contributed by atoms with Gasteiger partial charge in [0.1, 0.15) is 24.4 Å². The first kappa shape index (κ1) is 18.2. The summed E-state index contributed by atoms with van der Waals surface area (Å²) >= 11 is 5.99. The van der Waals surface area contributed by atoms with Crippen molar-refractivity contribution in [3.63, 3.8) is 0 Å². The van der Waals surface area contributed by atoms with Crippen LogP contribution in [0.3, 0.4) is 0 Å². The van der Waals surface area contributed by atoms with Gasteiger partial charge in [-0.15, -0.1) is 0 Å². The summed E-state index contributed by atoms with van der Waals surface area (Å²) in [5.74, 6) is 1.04. The Kier molecular flexibility index (Phi) is 4.58. The number of carbonyl (C=O) groups is 2. The number of halogens is 1. The predicted molar refractivity (Wildman–Crippen MR) is 99.9 cm³/mol. The Labute approximate surface area is 163 Å². The zero-order valence-corrected chi connectivity index (χ0v) is 16.1. The van der Waals surface area contributed by atoms with Gasteiger partial charge in [-0.25, -0.2) is 0 Å². The van der Waals surface area contributed by atoms with Gasteiger partial charge in [-0.1, -0.05) is 16.8 Å². The fourth-order valence-electron chi connectivity index (χ4n) is 4.69. The molecule has 0 aliphatic heterocycles. The first-order chi connectivity index (χ1) is 12.9. The maximum absolute atomic E-state index is 12.5. The van der Waals surface area contributed by atoms with Gasteiger partial charge < -0.3 is 9.26 Å². The Morgan fingerprint density at radius 1 is 1.26 bits per heavy atom. The van der Waals surface area contributed by atoms with E-state index in [1.165, 1.54) is 6.26 Å². The molecule has 3 aliphatic rings. The van der Waals surface area contributed by atoms with Gasteiger partial charge in [0.05, 0.1) is 5.69 Å². The van der Waals surface area contributed by atoms with E-state index in [1.807, 2.05) is 13.0 Å². The fourth-order valence-corrected chi connectivity index (χ4v) is 4.81. The molecule has 2 bridgehead atoms. The van der Waals surface area contributed by atoms with Crippen LogP contribution in [-0.2, 0) is 16.0 Å². The summed E-state index contributed by atoms with van der Waals surface area (Å²) < 4.78 is 10.4. The topological polar surface area (TPSA) is 69.4 Å². The van der Waals surface area contributed by atoms with Crippen molar-refractivity contribution in [3.05, 3.63) is 46.8 Å². The normalized spacial score (nSPS) is 25.4. The molecule has 5 nitrogen and oxygen atoms in total. The molecule has 0 radical (unpaired) electrons. The van der Waals surface area contributed by atoms with Crippen molar-refractivity contribution in [2.45, 2.75) is 45.4 Å². The molecule has 3 fully saturated rings. The number of aromatic nitrogens is 1. The first-order valence-electron chi connectivity index (χ1n) is 9.23. The smallest absolute Gasteiger partial charge is 0.170 e. The first-order valence-corrected chi connectivity index (χ1v) is 9.61. The highest BCUT2D eigenvalue weighted by atomic mass is 35.5. The van der Waals surface area contributed by atoms with E-state index in [9.17, 15) is 9.59 Å². The van der Waals surface area contributed by atoms with Crippen LogP contribution >= 0.6 is 11.6 Å². The van der Waals surface area contributed by atoms with Crippen LogP contribution in [0.1, 0.15) is 43.4 Å². The third kappa shape index (κ3) is 3.53. The number of benzene rings is 1. The van der Waals surface area contributed by atoms with Crippen molar-refractivity contribution < 1.29 is 18.8 Å². The molecule has 3 saturated carbocycles. The number of Topliss-reactive ketones (excluding diaryl/α,β-unsaturated/α-hetero) is 2. The number of rotatable bonds is 9.